The summed E-state index contributed by atoms with van der Waals surface area (Å²) in [4.78, 5) is 24.0. The Morgan fingerprint density at radius 2 is 1.94 bits per heavy atom. The van der Waals surface area contributed by atoms with Gasteiger partial charge in [-0.25, -0.2) is 14.8 Å². The van der Waals surface area contributed by atoms with Crippen LogP contribution in [-0.4, -0.2) is 45.0 Å². The van der Waals surface area contributed by atoms with Gasteiger partial charge in [0, 0.05) is 23.0 Å². The first kappa shape index (κ1) is 23.2. The SMILES string of the molecule is COc1cc2c(cc1-c1c(C)noc1C)[nH]c1nc(C)nc(N[C@H](CNC(=O)O)c3ccccc3)c12. The zero-order chi connectivity index (χ0) is 25.4. The van der Waals surface area contributed by atoms with Gasteiger partial charge < -0.3 is 30.0 Å². The Morgan fingerprint density at radius 3 is 2.61 bits per heavy atom. The number of ether oxygens (including phenoxy) is 1. The lowest BCUT2D eigenvalue weighted by Crippen LogP contribution is -2.30. The highest BCUT2D eigenvalue weighted by Gasteiger charge is 2.22. The van der Waals surface area contributed by atoms with Crippen LogP contribution in [0.25, 0.3) is 33.1 Å². The fourth-order valence-corrected chi connectivity index (χ4v) is 4.56. The van der Waals surface area contributed by atoms with Gasteiger partial charge in [-0.05, 0) is 38.5 Å². The predicted molar refractivity (Wildman–Crippen MR) is 136 cm³/mol. The predicted octanol–water partition coefficient (Wildman–Crippen LogP) is 5.12. The fourth-order valence-electron chi connectivity index (χ4n) is 4.56. The Bertz CT molecular complexity index is 1550. The Kier molecular flexibility index (Phi) is 5.93. The maximum atomic E-state index is 11.2. The lowest BCUT2D eigenvalue weighted by Gasteiger charge is -2.20. The van der Waals surface area contributed by atoms with Gasteiger partial charge in [0.15, 0.2) is 0 Å². The Balaban J connectivity index is 1.67. The molecular weight excluding hydrogens is 460 g/mol. The maximum absolute atomic E-state index is 11.2. The smallest absolute Gasteiger partial charge is 0.404 e. The summed E-state index contributed by atoms with van der Waals surface area (Å²) in [5.41, 5.74) is 4.96. The van der Waals surface area contributed by atoms with E-state index in [0.29, 0.717) is 28.8 Å². The summed E-state index contributed by atoms with van der Waals surface area (Å²) in [6, 6.07) is 13.2. The largest absolute Gasteiger partial charge is 0.496 e. The molecule has 0 bridgehead atoms. The van der Waals surface area contributed by atoms with Gasteiger partial charge in [-0.2, -0.15) is 0 Å². The average Bonchev–Trinajstić information content (AvgIpc) is 3.38. The topological polar surface area (TPSA) is 138 Å². The molecule has 4 N–H and O–H groups in total. The number of H-pyrrole nitrogens is 1. The number of amides is 1. The molecule has 3 heterocycles. The molecule has 36 heavy (non-hydrogen) atoms. The number of nitrogens with zero attached hydrogens (tertiary/aromatic N) is 3. The number of fused-ring (bicyclic) bond motifs is 3. The minimum atomic E-state index is -1.09. The van der Waals surface area contributed by atoms with Crippen molar-refractivity contribution in [3.63, 3.8) is 0 Å². The third-order valence-corrected chi connectivity index (χ3v) is 6.16. The minimum absolute atomic E-state index is 0.158. The number of aromatic amines is 1. The molecule has 0 spiro atoms. The van der Waals surface area contributed by atoms with Gasteiger partial charge in [0.1, 0.15) is 28.8 Å². The molecular formula is C26H26N6O4. The molecule has 2 aromatic carbocycles. The first-order valence-corrected chi connectivity index (χ1v) is 11.4. The molecule has 5 aromatic rings. The normalized spacial score (nSPS) is 12.1. The van der Waals surface area contributed by atoms with Crippen molar-refractivity contribution >= 4 is 33.8 Å². The van der Waals surface area contributed by atoms with E-state index in [1.165, 1.54) is 0 Å². The van der Waals surface area contributed by atoms with Gasteiger partial charge in [-0.3, -0.25) is 0 Å². The lowest BCUT2D eigenvalue weighted by atomic mass is 10.0. The lowest BCUT2D eigenvalue weighted by molar-refractivity contribution is 0.194. The molecule has 1 amide bonds. The second kappa shape index (κ2) is 9.21. The van der Waals surface area contributed by atoms with Crippen LogP contribution < -0.4 is 15.4 Å². The molecule has 0 fully saturated rings. The highest BCUT2D eigenvalue weighted by atomic mass is 16.5. The first-order chi connectivity index (χ1) is 17.4. The highest BCUT2D eigenvalue weighted by Crippen LogP contribution is 2.41. The number of nitrogens with one attached hydrogen (secondary N) is 3. The fraction of sp³-hybridized carbons (Fsp3) is 0.231. The van der Waals surface area contributed by atoms with Crippen molar-refractivity contribution in [1.29, 1.82) is 0 Å². The Hall–Kier alpha value is -4.60. The average molecular weight is 487 g/mol. The van der Waals surface area contributed by atoms with Crippen LogP contribution in [0.5, 0.6) is 5.75 Å². The van der Waals surface area contributed by atoms with Gasteiger partial charge in [-0.15, -0.1) is 0 Å². The number of carboxylic acid groups (broad SMARTS) is 1. The van der Waals surface area contributed by atoms with Crippen LogP contribution in [0.15, 0.2) is 47.0 Å². The molecule has 0 radical (unpaired) electrons. The number of rotatable bonds is 7. The Labute approximate surface area is 206 Å². The number of benzene rings is 2. The quantitative estimate of drug-likeness (QED) is 0.249. The molecule has 0 aliphatic carbocycles. The molecule has 0 aliphatic heterocycles. The summed E-state index contributed by atoms with van der Waals surface area (Å²) in [6.45, 7) is 5.74. The van der Waals surface area contributed by atoms with Gasteiger partial charge in [0.25, 0.3) is 0 Å². The van der Waals surface area contributed by atoms with Crippen molar-refractivity contribution in [2.75, 3.05) is 19.0 Å². The maximum Gasteiger partial charge on any atom is 0.404 e. The van der Waals surface area contributed by atoms with Crippen molar-refractivity contribution in [2.45, 2.75) is 26.8 Å². The second-order valence-electron chi connectivity index (χ2n) is 8.56. The van der Waals surface area contributed by atoms with E-state index in [-0.39, 0.29) is 12.6 Å². The van der Waals surface area contributed by atoms with Crippen LogP contribution >= 0.6 is 0 Å². The standard InChI is InChI=1S/C26H26N6O4/c1-13-22(14(2)36-32-13)18-10-19-17(11-21(18)35-4)23-24(30-19)28-15(3)29-25(23)31-20(12-27-26(33)34)16-8-6-5-7-9-16/h5-11,20,27H,12H2,1-4H3,(H,33,34)(H2,28,29,30,31)/t20-/m1/s1. The van der Waals surface area contributed by atoms with Crippen LogP contribution in [0.1, 0.15) is 28.9 Å². The minimum Gasteiger partial charge on any atom is -0.496 e. The number of carbonyl (C=O) groups is 1. The van der Waals surface area contributed by atoms with E-state index >= 15 is 0 Å². The van der Waals surface area contributed by atoms with Crippen LogP contribution in [0, 0.1) is 20.8 Å². The van der Waals surface area contributed by atoms with E-state index < -0.39 is 6.09 Å². The third kappa shape index (κ3) is 4.17. The monoisotopic (exact) mass is 486 g/mol. The van der Waals surface area contributed by atoms with Crippen LogP contribution in [0.2, 0.25) is 0 Å². The summed E-state index contributed by atoms with van der Waals surface area (Å²) in [5.74, 6) is 2.54. The van der Waals surface area contributed by atoms with Crippen molar-refractivity contribution in [3.8, 4) is 16.9 Å². The molecule has 0 saturated carbocycles. The van der Waals surface area contributed by atoms with E-state index in [1.807, 2.05) is 63.2 Å². The summed E-state index contributed by atoms with van der Waals surface area (Å²) < 4.78 is 11.1. The summed E-state index contributed by atoms with van der Waals surface area (Å²) in [5, 5.41) is 20.9. The molecule has 10 nitrogen and oxygen atoms in total. The van der Waals surface area contributed by atoms with Gasteiger partial charge in [-0.1, -0.05) is 35.5 Å². The van der Waals surface area contributed by atoms with Gasteiger partial charge in [0.05, 0.1) is 29.8 Å². The molecule has 0 unspecified atom stereocenters. The summed E-state index contributed by atoms with van der Waals surface area (Å²) in [7, 11) is 1.63. The van der Waals surface area contributed by atoms with Crippen molar-refractivity contribution in [2.24, 2.45) is 0 Å². The number of aryl methyl sites for hydroxylation is 3. The zero-order valence-electron chi connectivity index (χ0n) is 20.3. The molecule has 0 aliphatic rings. The van der Waals surface area contributed by atoms with E-state index in [4.69, 9.17) is 9.26 Å². The van der Waals surface area contributed by atoms with E-state index in [1.54, 1.807) is 7.11 Å². The van der Waals surface area contributed by atoms with Gasteiger partial charge >= 0.3 is 6.09 Å². The van der Waals surface area contributed by atoms with Crippen molar-refractivity contribution in [3.05, 3.63) is 65.3 Å². The molecule has 184 valence electrons. The summed E-state index contributed by atoms with van der Waals surface area (Å²) in [6.07, 6.45) is -1.09. The third-order valence-electron chi connectivity index (χ3n) is 6.16. The van der Waals surface area contributed by atoms with E-state index in [0.717, 1.165) is 38.7 Å². The number of aromatic nitrogens is 4. The molecule has 0 saturated heterocycles. The molecule has 3 aromatic heterocycles. The Morgan fingerprint density at radius 1 is 1.17 bits per heavy atom. The van der Waals surface area contributed by atoms with Crippen LogP contribution in [-0.2, 0) is 0 Å². The molecule has 1 atom stereocenters. The molecule has 5 rings (SSSR count). The first-order valence-electron chi connectivity index (χ1n) is 11.4. The number of anilines is 1. The summed E-state index contributed by atoms with van der Waals surface area (Å²) >= 11 is 0. The van der Waals surface area contributed by atoms with Crippen LogP contribution in [0.3, 0.4) is 0 Å². The second-order valence-corrected chi connectivity index (χ2v) is 8.56. The molecule has 10 heteroatoms. The van der Waals surface area contributed by atoms with Crippen molar-refractivity contribution < 1.29 is 19.2 Å². The van der Waals surface area contributed by atoms with Crippen molar-refractivity contribution in [1.82, 2.24) is 25.4 Å². The number of methoxy groups -OCH3 is 1. The number of hydrogen-bond acceptors (Lipinski definition) is 7. The zero-order valence-corrected chi connectivity index (χ0v) is 20.3. The number of hydrogen-bond donors (Lipinski definition) is 4. The van der Waals surface area contributed by atoms with Gasteiger partial charge in [0.2, 0.25) is 0 Å². The van der Waals surface area contributed by atoms with E-state index in [9.17, 15) is 9.90 Å². The van der Waals surface area contributed by atoms with Crippen LogP contribution in [0.4, 0.5) is 10.6 Å². The highest BCUT2D eigenvalue weighted by molar-refractivity contribution is 6.12. The van der Waals surface area contributed by atoms with E-state index in [2.05, 4.69) is 30.7 Å².